The molecule has 0 fully saturated rings. The highest BCUT2D eigenvalue weighted by Crippen LogP contribution is 2.05. The maximum absolute atomic E-state index is 11.2. The minimum Gasteiger partial charge on any atom is -0.310 e. The Kier molecular flexibility index (Phi) is 5.85. The molecule has 2 atom stereocenters. The van der Waals surface area contributed by atoms with Crippen molar-refractivity contribution in [2.24, 2.45) is 0 Å². The van der Waals surface area contributed by atoms with Crippen molar-refractivity contribution in [3.8, 4) is 0 Å². The van der Waals surface area contributed by atoms with Crippen molar-refractivity contribution < 1.29 is 4.21 Å². The standard InChI is InChI=1S/C12H23N3OS/c1-5-11-7-12(15(6-2)14-11)9-13-8-10(3)17(4)16/h7,10,13H,5-6,8-9H2,1-4H3. The van der Waals surface area contributed by atoms with E-state index >= 15 is 0 Å². The van der Waals surface area contributed by atoms with Crippen LogP contribution in [-0.4, -0.2) is 32.0 Å². The third-order valence-electron chi connectivity index (χ3n) is 2.88. The summed E-state index contributed by atoms with van der Waals surface area (Å²) in [5.74, 6) is 0. The second kappa shape index (κ2) is 6.91. The summed E-state index contributed by atoms with van der Waals surface area (Å²) in [7, 11) is -0.757. The molecule has 0 aliphatic rings. The molecule has 1 rings (SSSR count). The van der Waals surface area contributed by atoms with E-state index in [4.69, 9.17) is 0 Å². The Morgan fingerprint density at radius 3 is 2.76 bits per heavy atom. The lowest BCUT2D eigenvalue weighted by Gasteiger charge is -2.10. The first-order chi connectivity index (χ1) is 8.08. The Morgan fingerprint density at radius 1 is 1.53 bits per heavy atom. The first kappa shape index (κ1) is 14.4. The molecule has 1 N–H and O–H groups in total. The Balaban J connectivity index is 2.50. The predicted molar refractivity (Wildman–Crippen MR) is 72.5 cm³/mol. The molecule has 0 aromatic carbocycles. The molecule has 5 heteroatoms. The Morgan fingerprint density at radius 2 is 2.24 bits per heavy atom. The van der Waals surface area contributed by atoms with Gasteiger partial charge in [0.1, 0.15) is 0 Å². The van der Waals surface area contributed by atoms with Gasteiger partial charge in [0.05, 0.1) is 11.4 Å². The molecular formula is C12H23N3OS. The van der Waals surface area contributed by atoms with E-state index in [2.05, 4.69) is 30.3 Å². The number of aromatic nitrogens is 2. The first-order valence-corrected chi connectivity index (χ1v) is 7.79. The van der Waals surface area contributed by atoms with Crippen molar-refractivity contribution in [3.63, 3.8) is 0 Å². The van der Waals surface area contributed by atoms with Crippen LogP contribution in [-0.2, 0) is 30.3 Å². The molecule has 1 aromatic rings. The summed E-state index contributed by atoms with van der Waals surface area (Å²) < 4.78 is 13.2. The van der Waals surface area contributed by atoms with Crippen LogP contribution in [0.2, 0.25) is 0 Å². The van der Waals surface area contributed by atoms with Crippen LogP contribution in [0.3, 0.4) is 0 Å². The SMILES string of the molecule is CCc1cc(CNCC(C)S(C)=O)n(CC)n1. The quantitative estimate of drug-likeness (QED) is 0.801. The number of nitrogens with zero attached hydrogens (tertiary/aromatic N) is 2. The summed E-state index contributed by atoms with van der Waals surface area (Å²) >= 11 is 0. The molecule has 0 saturated heterocycles. The zero-order valence-corrected chi connectivity index (χ0v) is 12.0. The highest BCUT2D eigenvalue weighted by molar-refractivity contribution is 7.84. The van der Waals surface area contributed by atoms with Crippen LogP contribution in [0.15, 0.2) is 6.07 Å². The number of hydrogen-bond acceptors (Lipinski definition) is 3. The molecule has 98 valence electrons. The first-order valence-electron chi connectivity index (χ1n) is 6.17. The molecule has 17 heavy (non-hydrogen) atoms. The molecule has 0 aliphatic heterocycles. The van der Waals surface area contributed by atoms with E-state index in [0.717, 1.165) is 31.7 Å². The van der Waals surface area contributed by atoms with Gasteiger partial charge in [-0.2, -0.15) is 5.10 Å². The van der Waals surface area contributed by atoms with Gasteiger partial charge in [-0.25, -0.2) is 0 Å². The Labute approximate surface area is 106 Å². The van der Waals surface area contributed by atoms with Gasteiger partial charge in [0, 0.05) is 41.9 Å². The van der Waals surface area contributed by atoms with Crippen LogP contribution >= 0.6 is 0 Å². The van der Waals surface area contributed by atoms with E-state index in [1.54, 1.807) is 6.26 Å². The fourth-order valence-electron chi connectivity index (χ4n) is 1.62. The predicted octanol–water partition coefficient (Wildman–Crippen LogP) is 1.32. The van der Waals surface area contributed by atoms with E-state index in [1.165, 1.54) is 5.69 Å². The zero-order chi connectivity index (χ0) is 12.8. The van der Waals surface area contributed by atoms with E-state index in [1.807, 2.05) is 11.6 Å². The summed E-state index contributed by atoms with van der Waals surface area (Å²) in [6.07, 6.45) is 2.72. The van der Waals surface area contributed by atoms with Gasteiger partial charge in [0.2, 0.25) is 0 Å². The lowest BCUT2D eigenvalue weighted by atomic mass is 10.3. The lowest BCUT2D eigenvalue weighted by molar-refractivity contribution is 0.575. The third-order valence-corrected chi connectivity index (χ3v) is 4.18. The third kappa shape index (κ3) is 4.24. The lowest BCUT2D eigenvalue weighted by Crippen LogP contribution is -2.28. The van der Waals surface area contributed by atoms with Crippen LogP contribution in [0.4, 0.5) is 0 Å². The van der Waals surface area contributed by atoms with E-state index in [0.29, 0.717) is 0 Å². The van der Waals surface area contributed by atoms with Gasteiger partial charge >= 0.3 is 0 Å². The minimum absolute atomic E-state index is 0.193. The maximum atomic E-state index is 11.2. The number of nitrogens with one attached hydrogen (secondary N) is 1. The smallest absolute Gasteiger partial charge is 0.0625 e. The summed E-state index contributed by atoms with van der Waals surface area (Å²) in [5.41, 5.74) is 2.34. The van der Waals surface area contributed by atoms with Crippen LogP contribution in [0.5, 0.6) is 0 Å². The van der Waals surface area contributed by atoms with Crippen molar-refractivity contribution in [2.75, 3.05) is 12.8 Å². The largest absolute Gasteiger partial charge is 0.310 e. The average molecular weight is 257 g/mol. The van der Waals surface area contributed by atoms with E-state index in [-0.39, 0.29) is 5.25 Å². The summed E-state index contributed by atoms with van der Waals surface area (Å²) in [6, 6.07) is 2.14. The van der Waals surface area contributed by atoms with Gasteiger partial charge in [-0.3, -0.25) is 8.89 Å². The minimum atomic E-state index is -0.757. The van der Waals surface area contributed by atoms with E-state index in [9.17, 15) is 4.21 Å². The number of rotatable bonds is 7. The van der Waals surface area contributed by atoms with Gasteiger partial charge in [-0.05, 0) is 26.3 Å². The van der Waals surface area contributed by atoms with Crippen LogP contribution in [0.1, 0.15) is 32.2 Å². The fourth-order valence-corrected chi connectivity index (χ4v) is 1.98. The molecule has 2 unspecified atom stereocenters. The fraction of sp³-hybridized carbons (Fsp3) is 0.750. The summed E-state index contributed by atoms with van der Waals surface area (Å²) in [4.78, 5) is 0. The molecular weight excluding hydrogens is 234 g/mol. The normalized spacial score (nSPS) is 14.8. The molecule has 0 spiro atoms. The second-order valence-electron chi connectivity index (χ2n) is 4.24. The zero-order valence-electron chi connectivity index (χ0n) is 11.2. The Hall–Kier alpha value is -0.680. The van der Waals surface area contributed by atoms with Crippen LogP contribution in [0.25, 0.3) is 0 Å². The number of aryl methyl sites for hydroxylation is 2. The molecule has 1 aromatic heterocycles. The van der Waals surface area contributed by atoms with Gasteiger partial charge < -0.3 is 5.32 Å². The van der Waals surface area contributed by atoms with E-state index < -0.39 is 10.8 Å². The molecule has 0 amide bonds. The molecule has 4 nitrogen and oxygen atoms in total. The van der Waals surface area contributed by atoms with Crippen molar-refractivity contribution >= 4 is 10.8 Å². The molecule has 0 aliphatic carbocycles. The van der Waals surface area contributed by atoms with Crippen molar-refractivity contribution in [1.29, 1.82) is 0 Å². The summed E-state index contributed by atoms with van der Waals surface area (Å²) in [5, 5.41) is 8.03. The average Bonchev–Trinajstić information content (AvgIpc) is 2.71. The number of hydrogen-bond donors (Lipinski definition) is 1. The monoisotopic (exact) mass is 257 g/mol. The molecule has 0 radical (unpaired) electrons. The van der Waals surface area contributed by atoms with Crippen molar-refractivity contribution in [3.05, 3.63) is 17.5 Å². The van der Waals surface area contributed by atoms with Crippen LogP contribution < -0.4 is 5.32 Å². The molecule has 0 bridgehead atoms. The summed E-state index contributed by atoms with van der Waals surface area (Å²) in [6.45, 7) is 8.67. The van der Waals surface area contributed by atoms with Gasteiger partial charge in [-0.15, -0.1) is 0 Å². The molecule has 1 heterocycles. The maximum Gasteiger partial charge on any atom is 0.0625 e. The van der Waals surface area contributed by atoms with Gasteiger partial charge in [0.25, 0.3) is 0 Å². The van der Waals surface area contributed by atoms with Crippen molar-refractivity contribution in [2.45, 2.75) is 45.5 Å². The Bertz CT molecular complexity index is 376. The molecule has 0 saturated carbocycles. The van der Waals surface area contributed by atoms with Gasteiger partial charge in [0.15, 0.2) is 0 Å². The van der Waals surface area contributed by atoms with Gasteiger partial charge in [-0.1, -0.05) is 6.92 Å². The topological polar surface area (TPSA) is 46.9 Å². The highest BCUT2D eigenvalue weighted by atomic mass is 32.2. The second-order valence-corrected chi connectivity index (χ2v) is 6.04. The van der Waals surface area contributed by atoms with Crippen molar-refractivity contribution in [1.82, 2.24) is 15.1 Å². The van der Waals surface area contributed by atoms with Crippen LogP contribution in [0, 0.1) is 0 Å². The highest BCUT2D eigenvalue weighted by Gasteiger charge is 2.08.